The molecule has 2 fully saturated rings. The number of para-hydroxylation sites is 1. The molecule has 1 atom stereocenters. The minimum atomic E-state index is -0.262. The van der Waals surface area contributed by atoms with Gasteiger partial charge >= 0.3 is 0 Å². The minimum absolute atomic E-state index is 0.0705. The third kappa shape index (κ3) is 3.87. The number of fused-ring (bicyclic) bond motifs is 1. The number of benzene rings is 1. The molecule has 158 valence electrons. The summed E-state index contributed by atoms with van der Waals surface area (Å²) in [6.07, 6.45) is 8.01. The third-order valence-corrected chi connectivity index (χ3v) is 6.04. The van der Waals surface area contributed by atoms with Crippen molar-refractivity contribution in [3.63, 3.8) is 0 Å². The molecule has 5 rings (SSSR count). The number of aryl methyl sites for hydroxylation is 1. The first-order valence-corrected chi connectivity index (χ1v) is 10.9. The van der Waals surface area contributed by atoms with E-state index in [1.165, 1.54) is 0 Å². The summed E-state index contributed by atoms with van der Waals surface area (Å²) in [5.74, 6) is 0.379. The average Bonchev–Trinajstić information content (AvgIpc) is 3.62. The lowest BCUT2D eigenvalue weighted by Gasteiger charge is -2.36. The van der Waals surface area contributed by atoms with Crippen LogP contribution in [0.5, 0.6) is 0 Å². The first-order valence-electron chi connectivity index (χ1n) is 10.9. The Bertz CT molecular complexity index is 1150. The van der Waals surface area contributed by atoms with Crippen LogP contribution in [0.2, 0.25) is 0 Å². The van der Waals surface area contributed by atoms with Crippen molar-refractivity contribution >= 4 is 22.7 Å². The molecule has 1 aliphatic heterocycles. The molecule has 2 amide bonds. The monoisotopic (exact) mass is 415 g/mol. The van der Waals surface area contributed by atoms with Crippen molar-refractivity contribution in [2.24, 2.45) is 0 Å². The molecular weight excluding hydrogens is 390 g/mol. The van der Waals surface area contributed by atoms with Gasteiger partial charge < -0.3 is 10.2 Å². The molecule has 3 heterocycles. The highest BCUT2D eigenvalue weighted by molar-refractivity contribution is 6.05. The molecule has 0 bridgehead atoms. The number of nitrogens with zero attached hydrogens (tertiary/aromatic N) is 4. The van der Waals surface area contributed by atoms with Gasteiger partial charge in [-0.25, -0.2) is 9.97 Å². The van der Waals surface area contributed by atoms with Gasteiger partial charge in [0.2, 0.25) is 0 Å². The number of hydrogen-bond donors (Lipinski definition) is 1. The Kier molecular flexibility index (Phi) is 5.10. The Morgan fingerprint density at radius 2 is 1.87 bits per heavy atom. The Labute approximate surface area is 180 Å². The number of hydrogen-bond acceptors (Lipinski definition) is 5. The Morgan fingerprint density at radius 3 is 2.71 bits per heavy atom. The van der Waals surface area contributed by atoms with E-state index in [0.717, 1.165) is 37.5 Å². The Hall–Kier alpha value is -3.35. The third-order valence-electron chi connectivity index (χ3n) is 6.04. The SMILES string of the molecule is Cc1ncc(C(=O)NC2CC2)c(C2CCCCN2C(=O)c2cccc3cccnc23)n1. The number of carbonyl (C=O) groups excluding carboxylic acids is 2. The molecule has 7 heteroatoms. The number of amides is 2. The van der Waals surface area contributed by atoms with Crippen LogP contribution in [0.1, 0.15) is 70.4 Å². The van der Waals surface area contributed by atoms with Gasteiger partial charge in [0.1, 0.15) is 5.82 Å². The maximum absolute atomic E-state index is 13.7. The molecule has 1 aromatic carbocycles. The van der Waals surface area contributed by atoms with Gasteiger partial charge in [-0.3, -0.25) is 14.6 Å². The zero-order valence-electron chi connectivity index (χ0n) is 17.5. The van der Waals surface area contributed by atoms with Gasteiger partial charge in [0.05, 0.1) is 28.4 Å². The Morgan fingerprint density at radius 1 is 1.03 bits per heavy atom. The van der Waals surface area contributed by atoms with Crippen molar-refractivity contribution < 1.29 is 9.59 Å². The van der Waals surface area contributed by atoms with Crippen LogP contribution in [0.25, 0.3) is 10.9 Å². The van der Waals surface area contributed by atoms with E-state index in [-0.39, 0.29) is 23.9 Å². The smallest absolute Gasteiger partial charge is 0.256 e. The van der Waals surface area contributed by atoms with Crippen molar-refractivity contribution in [2.45, 2.75) is 51.1 Å². The number of nitrogens with one attached hydrogen (secondary N) is 1. The lowest BCUT2D eigenvalue weighted by Crippen LogP contribution is -2.40. The predicted molar refractivity (Wildman–Crippen MR) is 117 cm³/mol. The Balaban J connectivity index is 1.53. The largest absolute Gasteiger partial charge is 0.349 e. The number of piperidine rings is 1. The maximum Gasteiger partial charge on any atom is 0.256 e. The van der Waals surface area contributed by atoms with E-state index >= 15 is 0 Å². The van der Waals surface area contributed by atoms with E-state index < -0.39 is 0 Å². The molecule has 2 aliphatic rings. The zero-order chi connectivity index (χ0) is 21.4. The first kappa shape index (κ1) is 19.6. The van der Waals surface area contributed by atoms with Gasteiger partial charge in [0, 0.05) is 30.4 Å². The van der Waals surface area contributed by atoms with Gasteiger partial charge in [0.15, 0.2) is 0 Å². The van der Waals surface area contributed by atoms with Gasteiger partial charge in [-0.1, -0.05) is 18.2 Å². The van der Waals surface area contributed by atoms with Crippen molar-refractivity contribution in [1.82, 2.24) is 25.2 Å². The fourth-order valence-corrected chi connectivity index (χ4v) is 4.30. The van der Waals surface area contributed by atoms with Crippen molar-refractivity contribution in [1.29, 1.82) is 0 Å². The lowest BCUT2D eigenvalue weighted by molar-refractivity contribution is 0.0603. The summed E-state index contributed by atoms with van der Waals surface area (Å²) in [6.45, 7) is 2.44. The van der Waals surface area contributed by atoms with E-state index in [0.29, 0.717) is 34.7 Å². The second-order valence-electron chi connectivity index (χ2n) is 8.35. The number of rotatable bonds is 4. The molecule has 0 radical (unpaired) electrons. The molecule has 1 N–H and O–H groups in total. The van der Waals surface area contributed by atoms with Crippen LogP contribution >= 0.6 is 0 Å². The summed E-state index contributed by atoms with van der Waals surface area (Å²) >= 11 is 0. The zero-order valence-corrected chi connectivity index (χ0v) is 17.5. The van der Waals surface area contributed by atoms with E-state index in [4.69, 9.17) is 0 Å². The average molecular weight is 415 g/mol. The number of aromatic nitrogens is 3. The molecule has 31 heavy (non-hydrogen) atoms. The lowest BCUT2D eigenvalue weighted by atomic mass is 9.94. The highest BCUT2D eigenvalue weighted by atomic mass is 16.2. The maximum atomic E-state index is 13.7. The standard InChI is InChI=1S/C24H25N5O2/c1-15-26-14-19(23(30)28-17-10-11-17)22(27-15)20-9-2-3-13-29(20)24(31)18-8-4-6-16-7-5-12-25-21(16)18/h4-8,12,14,17,20H,2-3,9-11,13H2,1H3,(H,28,30). The highest BCUT2D eigenvalue weighted by Gasteiger charge is 2.34. The minimum Gasteiger partial charge on any atom is -0.349 e. The fourth-order valence-electron chi connectivity index (χ4n) is 4.30. The molecule has 1 saturated carbocycles. The van der Waals surface area contributed by atoms with E-state index in [2.05, 4.69) is 20.3 Å². The van der Waals surface area contributed by atoms with Gasteiger partial charge in [-0.05, 0) is 51.2 Å². The number of likely N-dealkylation sites (tertiary alicyclic amines) is 1. The summed E-state index contributed by atoms with van der Waals surface area (Å²) in [5, 5.41) is 3.97. The van der Waals surface area contributed by atoms with Gasteiger partial charge in [-0.15, -0.1) is 0 Å². The van der Waals surface area contributed by atoms with E-state index in [9.17, 15) is 9.59 Å². The van der Waals surface area contributed by atoms with Crippen LogP contribution in [-0.2, 0) is 0 Å². The quantitative estimate of drug-likeness (QED) is 0.703. The van der Waals surface area contributed by atoms with Crippen LogP contribution in [-0.4, -0.2) is 44.3 Å². The normalized spacial score (nSPS) is 18.7. The molecule has 1 saturated heterocycles. The van der Waals surface area contributed by atoms with Crippen LogP contribution in [0.4, 0.5) is 0 Å². The molecule has 1 unspecified atom stereocenters. The molecule has 3 aromatic rings. The number of carbonyl (C=O) groups is 2. The van der Waals surface area contributed by atoms with Crippen molar-refractivity contribution in [2.75, 3.05) is 6.54 Å². The molecule has 7 nitrogen and oxygen atoms in total. The topological polar surface area (TPSA) is 88.1 Å². The van der Waals surface area contributed by atoms with Crippen LogP contribution in [0, 0.1) is 6.92 Å². The highest BCUT2D eigenvalue weighted by Crippen LogP contribution is 2.34. The first-order chi connectivity index (χ1) is 15.1. The summed E-state index contributed by atoms with van der Waals surface area (Å²) in [6, 6.07) is 9.49. The molecule has 1 aliphatic carbocycles. The van der Waals surface area contributed by atoms with Gasteiger partial charge in [0.25, 0.3) is 11.8 Å². The second-order valence-corrected chi connectivity index (χ2v) is 8.35. The van der Waals surface area contributed by atoms with Crippen LogP contribution in [0.3, 0.4) is 0 Å². The van der Waals surface area contributed by atoms with Crippen molar-refractivity contribution in [3.05, 3.63) is 65.4 Å². The number of pyridine rings is 1. The van der Waals surface area contributed by atoms with Crippen LogP contribution in [0.15, 0.2) is 42.7 Å². The van der Waals surface area contributed by atoms with Gasteiger partial charge in [-0.2, -0.15) is 0 Å². The van der Waals surface area contributed by atoms with E-state index in [1.807, 2.05) is 42.2 Å². The fraction of sp³-hybridized carbons (Fsp3) is 0.375. The van der Waals surface area contributed by atoms with E-state index in [1.54, 1.807) is 12.4 Å². The second kappa shape index (κ2) is 8.06. The summed E-state index contributed by atoms with van der Waals surface area (Å²) < 4.78 is 0. The summed E-state index contributed by atoms with van der Waals surface area (Å²) in [7, 11) is 0. The van der Waals surface area contributed by atoms with Crippen LogP contribution < -0.4 is 5.32 Å². The molecular formula is C24H25N5O2. The van der Waals surface area contributed by atoms with Crippen molar-refractivity contribution in [3.8, 4) is 0 Å². The molecule has 0 spiro atoms. The predicted octanol–water partition coefficient (Wildman–Crippen LogP) is 3.59. The molecule has 2 aromatic heterocycles. The summed E-state index contributed by atoms with van der Waals surface area (Å²) in [5.41, 5.74) is 2.40. The summed E-state index contributed by atoms with van der Waals surface area (Å²) in [4.78, 5) is 41.8.